The van der Waals surface area contributed by atoms with E-state index in [-0.39, 0.29) is 5.82 Å². The topological polar surface area (TPSA) is 9.23 Å². The summed E-state index contributed by atoms with van der Waals surface area (Å²) in [6, 6.07) is 4.82. The molecule has 0 atom stereocenters. The molecule has 0 aliphatic rings. The van der Waals surface area contributed by atoms with Gasteiger partial charge in [-0.1, -0.05) is 22.0 Å². The van der Waals surface area contributed by atoms with Gasteiger partial charge >= 0.3 is 0 Å². The average molecular weight is 231 g/mol. The van der Waals surface area contributed by atoms with Crippen LogP contribution in [0.5, 0.6) is 0 Å². The molecule has 0 bridgehead atoms. The second-order valence-electron chi connectivity index (χ2n) is 2.17. The fraction of sp³-hybridized carbons (Fsp3) is 0.111. The Labute approximate surface area is 79.0 Å². The van der Waals surface area contributed by atoms with Crippen LogP contribution in [0.15, 0.2) is 28.9 Å². The van der Waals surface area contributed by atoms with Gasteiger partial charge in [-0.3, -0.25) is 0 Å². The zero-order valence-electron chi connectivity index (χ0n) is 6.55. The molecular weight excluding hydrogens is 223 g/mol. The second kappa shape index (κ2) is 4.26. The van der Waals surface area contributed by atoms with Crippen molar-refractivity contribution < 1.29 is 9.13 Å². The average Bonchev–Trinajstić information content (AvgIpc) is 2.04. The van der Waals surface area contributed by atoms with Gasteiger partial charge in [0.05, 0.1) is 13.4 Å². The molecule has 3 heteroatoms. The van der Waals surface area contributed by atoms with E-state index in [4.69, 9.17) is 0 Å². The fourth-order valence-corrected chi connectivity index (χ4v) is 1.28. The Morgan fingerprint density at radius 2 is 2.25 bits per heavy atom. The first kappa shape index (κ1) is 9.26. The minimum Gasteiger partial charge on any atom is -0.504 e. The molecule has 0 aliphatic heterocycles. The van der Waals surface area contributed by atoms with Crippen LogP contribution in [0.1, 0.15) is 5.56 Å². The Hall–Kier alpha value is -0.830. The number of hydrogen-bond acceptors (Lipinski definition) is 1. The molecule has 0 fully saturated rings. The van der Waals surface area contributed by atoms with Gasteiger partial charge in [0.15, 0.2) is 0 Å². The molecule has 64 valence electrons. The van der Waals surface area contributed by atoms with Crippen LogP contribution >= 0.6 is 15.9 Å². The summed E-state index contributed by atoms with van der Waals surface area (Å²) in [5.74, 6) is -0.266. The lowest BCUT2D eigenvalue weighted by Gasteiger charge is -1.98. The number of ether oxygens (including phenoxy) is 1. The largest absolute Gasteiger partial charge is 0.504 e. The van der Waals surface area contributed by atoms with Crippen LogP contribution in [0, 0.1) is 5.82 Å². The van der Waals surface area contributed by atoms with E-state index in [1.165, 1.54) is 19.4 Å². The van der Waals surface area contributed by atoms with Crippen molar-refractivity contribution in [1.29, 1.82) is 0 Å². The molecule has 0 unspecified atom stereocenters. The monoisotopic (exact) mass is 230 g/mol. The van der Waals surface area contributed by atoms with Gasteiger partial charge in [-0.15, -0.1) is 0 Å². The van der Waals surface area contributed by atoms with Crippen molar-refractivity contribution in [2.24, 2.45) is 0 Å². The first-order valence-corrected chi connectivity index (χ1v) is 4.18. The molecule has 0 spiro atoms. The van der Waals surface area contributed by atoms with Gasteiger partial charge in [0.25, 0.3) is 0 Å². The number of methoxy groups -OCH3 is 1. The molecule has 0 saturated carbocycles. The molecule has 0 saturated heterocycles. The Morgan fingerprint density at radius 1 is 1.50 bits per heavy atom. The lowest BCUT2D eigenvalue weighted by Crippen LogP contribution is -1.82. The predicted molar refractivity (Wildman–Crippen MR) is 50.1 cm³/mol. The SMILES string of the molecule is COC=Cc1c(F)cccc1Br. The molecule has 0 N–H and O–H groups in total. The third kappa shape index (κ3) is 2.08. The Bertz CT molecular complexity index is 276. The normalized spacial score (nSPS) is 10.6. The maximum Gasteiger partial charge on any atom is 0.131 e. The molecule has 0 aliphatic carbocycles. The molecule has 0 radical (unpaired) electrons. The van der Waals surface area contributed by atoms with Crippen molar-refractivity contribution in [2.75, 3.05) is 7.11 Å². The predicted octanol–water partition coefficient (Wildman–Crippen LogP) is 3.21. The van der Waals surface area contributed by atoms with Gasteiger partial charge in [-0.2, -0.15) is 0 Å². The molecule has 12 heavy (non-hydrogen) atoms. The standard InChI is InChI=1S/C9H8BrFO/c1-12-6-5-7-8(10)3-2-4-9(7)11/h2-6H,1H3. The summed E-state index contributed by atoms with van der Waals surface area (Å²) in [5, 5.41) is 0. The van der Waals surface area contributed by atoms with E-state index >= 15 is 0 Å². The summed E-state index contributed by atoms with van der Waals surface area (Å²) in [7, 11) is 1.52. The maximum absolute atomic E-state index is 13.0. The minimum atomic E-state index is -0.266. The van der Waals surface area contributed by atoms with Crippen LogP contribution in [0.3, 0.4) is 0 Å². The first-order valence-electron chi connectivity index (χ1n) is 3.39. The second-order valence-corrected chi connectivity index (χ2v) is 3.03. The molecular formula is C9H8BrFO. The van der Waals surface area contributed by atoms with Gasteiger partial charge in [0.1, 0.15) is 5.82 Å². The van der Waals surface area contributed by atoms with Gasteiger partial charge < -0.3 is 4.74 Å². The maximum atomic E-state index is 13.0. The summed E-state index contributed by atoms with van der Waals surface area (Å²) in [6.45, 7) is 0. The Kier molecular flexibility index (Phi) is 3.29. The first-order chi connectivity index (χ1) is 5.75. The Balaban J connectivity index is 3.04. The van der Waals surface area contributed by atoms with Crippen LogP contribution < -0.4 is 0 Å². The van der Waals surface area contributed by atoms with Crippen molar-refractivity contribution in [1.82, 2.24) is 0 Å². The van der Waals surface area contributed by atoms with Crippen LogP contribution in [0.25, 0.3) is 6.08 Å². The van der Waals surface area contributed by atoms with E-state index in [0.29, 0.717) is 5.56 Å². The van der Waals surface area contributed by atoms with Gasteiger partial charge in [0.2, 0.25) is 0 Å². The molecule has 1 aromatic carbocycles. The molecule has 1 rings (SSSR count). The number of halogens is 2. The molecule has 1 nitrogen and oxygen atoms in total. The van der Waals surface area contributed by atoms with Crippen LogP contribution in [0.4, 0.5) is 4.39 Å². The smallest absolute Gasteiger partial charge is 0.131 e. The summed E-state index contributed by atoms with van der Waals surface area (Å²) < 4.78 is 18.4. The summed E-state index contributed by atoms with van der Waals surface area (Å²) in [5.41, 5.74) is 0.499. The highest BCUT2D eigenvalue weighted by Gasteiger charge is 2.01. The Morgan fingerprint density at radius 3 is 2.83 bits per heavy atom. The highest BCUT2D eigenvalue weighted by Crippen LogP contribution is 2.20. The van der Waals surface area contributed by atoms with E-state index in [1.807, 2.05) is 0 Å². The van der Waals surface area contributed by atoms with Gasteiger partial charge in [-0.25, -0.2) is 4.39 Å². The minimum absolute atomic E-state index is 0.266. The molecule has 0 aromatic heterocycles. The van der Waals surface area contributed by atoms with Crippen molar-refractivity contribution in [3.05, 3.63) is 40.3 Å². The van der Waals surface area contributed by atoms with E-state index in [2.05, 4.69) is 20.7 Å². The van der Waals surface area contributed by atoms with E-state index < -0.39 is 0 Å². The highest BCUT2D eigenvalue weighted by molar-refractivity contribution is 9.10. The number of hydrogen-bond donors (Lipinski definition) is 0. The molecule has 0 heterocycles. The van der Waals surface area contributed by atoms with Crippen molar-refractivity contribution >= 4 is 22.0 Å². The van der Waals surface area contributed by atoms with Gasteiger partial charge in [-0.05, 0) is 18.2 Å². The van der Waals surface area contributed by atoms with Crippen molar-refractivity contribution in [3.63, 3.8) is 0 Å². The van der Waals surface area contributed by atoms with E-state index in [1.54, 1.807) is 18.2 Å². The number of rotatable bonds is 2. The fourth-order valence-electron chi connectivity index (χ4n) is 0.806. The summed E-state index contributed by atoms with van der Waals surface area (Å²) >= 11 is 3.23. The lowest BCUT2D eigenvalue weighted by molar-refractivity contribution is 0.341. The van der Waals surface area contributed by atoms with Gasteiger partial charge in [0, 0.05) is 10.0 Å². The zero-order chi connectivity index (χ0) is 8.97. The van der Waals surface area contributed by atoms with Crippen molar-refractivity contribution in [3.8, 4) is 0 Å². The number of benzene rings is 1. The quantitative estimate of drug-likeness (QED) is 0.710. The summed E-state index contributed by atoms with van der Waals surface area (Å²) in [6.07, 6.45) is 3.00. The van der Waals surface area contributed by atoms with Crippen LogP contribution in [0.2, 0.25) is 0 Å². The molecule has 1 aromatic rings. The van der Waals surface area contributed by atoms with E-state index in [9.17, 15) is 4.39 Å². The summed E-state index contributed by atoms with van der Waals surface area (Å²) in [4.78, 5) is 0. The third-order valence-corrected chi connectivity index (χ3v) is 2.06. The lowest BCUT2D eigenvalue weighted by atomic mass is 10.2. The third-order valence-electron chi connectivity index (χ3n) is 1.37. The van der Waals surface area contributed by atoms with E-state index in [0.717, 1.165) is 4.47 Å². The zero-order valence-corrected chi connectivity index (χ0v) is 8.14. The molecule has 0 amide bonds. The highest BCUT2D eigenvalue weighted by atomic mass is 79.9. The van der Waals surface area contributed by atoms with Crippen LogP contribution in [-0.4, -0.2) is 7.11 Å². The van der Waals surface area contributed by atoms with Crippen LogP contribution in [-0.2, 0) is 4.74 Å². The van der Waals surface area contributed by atoms with Crippen molar-refractivity contribution in [2.45, 2.75) is 0 Å².